The van der Waals surface area contributed by atoms with Gasteiger partial charge in [-0.15, -0.1) is 0 Å². The summed E-state index contributed by atoms with van der Waals surface area (Å²) in [5.41, 5.74) is -0.166. The van der Waals surface area contributed by atoms with Crippen LogP contribution in [-0.2, 0) is 9.59 Å². The minimum atomic E-state index is -1.55. The first-order chi connectivity index (χ1) is 9.20. The Hall–Kier alpha value is -1.10. The van der Waals surface area contributed by atoms with Gasteiger partial charge >= 0.3 is 5.97 Å². The number of carboxylic acids is 1. The molecule has 3 N–H and O–H groups in total. The van der Waals surface area contributed by atoms with Crippen LogP contribution in [0.4, 0.5) is 0 Å². The van der Waals surface area contributed by atoms with E-state index < -0.39 is 18.1 Å². The molecule has 0 saturated heterocycles. The van der Waals surface area contributed by atoms with Crippen LogP contribution in [0.25, 0.3) is 0 Å². The lowest BCUT2D eigenvalue weighted by atomic mass is 9.84. The second-order valence-corrected chi connectivity index (χ2v) is 7.00. The van der Waals surface area contributed by atoms with Gasteiger partial charge in [0.05, 0.1) is 6.04 Å². The van der Waals surface area contributed by atoms with Crippen LogP contribution in [0.15, 0.2) is 0 Å². The third-order valence-electron chi connectivity index (χ3n) is 3.77. The molecule has 5 nitrogen and oxygen atoms in total. The van der Waals surface area contributed by atoms with Crippen molar-refractivity contribution in [3.63, 3.8) is 0 Å². The molecule has 0 aromatic heterocycles. The lowest BCUT2D eigenvalue weighted by Crippen LogP contribution is -2.50. The smallest absolute Gasteiger partial charge is 0.334 e. The molecule has 1 fully saturated rings. The van der Waals surface area contributed by atoms with Gasteiger partial charge < -0.3 is 15.5 Å². The summed E-state index contributed by atoms with van der Waals surface area (Å²) in [4.78, 5) is 23.2. The highest BCUT2D eigenvalue weighted by atomic mass is 16.4. The average molecular weight is 285 g/mol. The number of amides is 1. The molecule has 1 saturated carbocycles. The summed E-state index contributed by atoms with van der Waals surface area (Å²) >= 11 is 0. The van der Waals surface area contributed by atoms with Gasteiger partial charge in [0.2, 0.25) is 5.91 Å². The highest BCUT2D eigenvalue weighted by Gasteiger charge is 2.33. The summed E-state index contributed by atoms with van der Waals surface area (Å²) in [6, 6.07) is -0.734. The standard InChI is InChI=1S/C15H27NO4/c1-15(2,3)9-11(12(17)14(19)20)16-13(18)10-7-5-4-6-8-10/h10-12,17H,4-9H2,1-3H3,(H,16,18)(H,19,20). The predicted octanol–water partition coefficient (Wildman–Crippen LogP) is 1.93. The van der Waals surface area contributed by atoms with Gasteiger partial charge in [0.15, 0.2) is 6.10 Å². The van der Waals surface area contributed by atoms with Gasteiger partial charge in [-0.1, -0.05) is 40.0 Å². The molecule has 2 unspecified atom stereocenters. The Balaban J connectivity index is 2.67. The molecule has 1 rings (SSSR count). The molecule has 116 valence electrons. The van der Waals surface area contributed by atoms with Gasteiger partial charge in [0, 0.05) is 5.92 Å². The Kier molecular flexibility index (Phi) is 5.99. The zero-order chi connectivity index (χ0) is 15.3. The van der Waals surface area contributed by atoms with Gasteiger partial charge in [0.1, 0.15) is 0 Å². The summed E-state index contributed by atoms with van der Waals surface area (Å²) < 4.78 is 0. The van der Waals surface area contributed by atoms with Crippen LogP contribution < -0.4 is 5.32 Å². The predicted molar refractivity (Wildman–Crippen MR) is 76.2 cm³/mol. The van der Waals surface area contributed by atoms with Crippen molar-refractivity contribution in [3.8, 4) is 0 Å². The first-order valence-electron chi connectivity index (χ1n) is 7.42. The van der Waals surface area contributed by atoms with E-state index in [2.05, 4.69) is 5.32 Å². The Morgan fingerprint density at radius 2 is 1.75 bits per heavy atom. The van der Waals surface area contributed by atoms with Gasteiger partial charge in [-0.25, -0.2) is 4.79 Å². The lowest BCUT2D eigenvalue weighted by Gasteiger charge is -2.30. The quantitative estimate of drug-likeness (QED) is 0.720. The largest absolute Gasteiger partial charge is 0.479 e. The van der Waals surface area contributed by atoms with E-state index in [1.165, 1.54) is 0 Å². The molecule has 0 spiro atoms. The molecule has 0 heterocycles. The van der Waals surface area contributed by atoms with Crippen molar-refractivity contribution >= 4 is 11.9 Å². The Bertz CT molecular complexity index is 342. The molecule has 1 amide bonds. The second kappa shape index (κ2) is 7.07. The maximum absolute atomic E-state index is 12.2. The SMILES string of the molecule is CC(C)(C)CC(NC(=O)C1CCCCC1)C(O)C(=O)O. The third-order valence-corrected chi connectivity index (χ3v) is 3.77. The third kappa shape index (κ3) is 5.49. The molecule has 0 aromatic carbocycles. The summed E-state index contributed by atoms with van der Waals surface area (Å²) in [6.07, 6.45) is 3.84. The Morgan fingerprint density at radius 3 is 2.20 bits per heavy atom. The molecule has 0 aromatic rings. The molecular weight excluding hydrogens is 258 g/mol. The van der Waals surface area contributed by atoms with Crippen molar-refractivity contribution in [3.05, 3.63) is 0 Å². The number of rotatable bonds is 5. The molecular formula is C15H27NO4. The van der Waals surface area contributed by atoms with Crippen LogP contribution >= 0.6 is 0 Å². The van der Waals surface area contributed by atoms with Crippen molar-refractivity contribution in [2.45, 2.75) is 71.4 Å². The van der Waals surface area contributed by atoms with Crippen molar-refractivity contribution in [2.24, 2.45) is 11.3 Å². The number of carboxylic acid groups (broad SMARTS) is 1. The monoisotopic (exact) mass is 285 g/mol. The van der Waals surface area contributed by atoms with Gasteiger partial charge in [-0.2, -0.15) is 0 Å². The maximum Gasteiger partial charge on any atom is 0.334 e. The number of hydrogen-bond donors (Lipinski definition) is 3. The van der Waals surface area contributed by atoms with Crippen molar-refractivity contribution in [1.82, 2.24) is 5.32 Å². The van der Waals surface area contributed by atoms with E-state index in [0.29, 0.717) is 6.42 Å². The van der Waals surface area contributed by atoms with Gasteiger partial charge in [-0.3, -0.25) is 4.79 Å². The zero-order valence-electron chi connectivity index (χ0n) is 12.7. The summed E-state index contributed by atoms with van der Waals surface area (Å²) in [5.74, 6) is -1.44. The average Bonchev–Trinajstić information content (AvgIpc) is 2.36. The molecule has 2 atom stereocenters. The van der Waals surface area contributed by atoms with Crippen LogP contribution in [0.5, 0.6) is 0 Å². The highest BCUT2D eigenvalue weighted by Crippen LogP contribution is 2.26. The molecule has 1 aliphatic rings. The molecule has 0 aliphatic heterocycles. The molecule has 0 radical (unpaired) electrons. The number of hydrogen-bond acceptors (Lipinski definition) is 3. The maximum atomic E-state index is 12.2. The molecule has 20 heavy (non-hydrogen) atoms. The molecule has 1 aliphatic carbocycles. The van der Waals surface area contributed by atoms with E-state index in [9.17, 15) is 14.7 Å². The number of carbonyl (C=O) groups excluding carboxylic acids is 1. The number of nitrogens with one attached hydrogen (secondary N) is 1. The highest BCUT2D eigenvalue weighted by molar-refractivity contribution is 5.80. The Morgan fingerprint density at radius 1 is 1.20 bits per heavy atom. The molecule has 0 bridgehead atoms. The fourth-order valence-corrected chi connectivity index (χ4v) is 2.74. The van der Waals surface area contributed by atoms with Crippen LogP contribution in [0.2, 0.25) is 0 Å². The normalized spacial score (nSPS) is 20.2. The first-order valence-corrected chi connectivity index (χ1v) is 7.42. The minimum absolute atomic E-state index is 0.0350. The zero-order valence-corrected chi connectivity index (χ0v) is 12.7. The Labute approximate surface area is 120 Å². The summed E-state index contributed by atoms with van der Waals surface area (Å²) in [6.45, 7) is 5.88. The fourth-order valence-electron chi connectivity index (χ4n) is 2.74. The van der Waals surface area contributed by atoms with Crippen LogP contribution in [0.1, 0.15) is 59.3 Å². The van der Waals surface area contributed by atoms with Crippen molar-refractivity contribution in [2.75, 3.05) is 0 Å². The van der Waals surface area contributed by atoms with Gasteiger partial charge in [0.25, 0.3) is 0 Å². The first kappa shape index (κ1) is 17.0. The fraction of sp³-hybridized carbons (Fsp3) is 0.867. The van der Waals surface area contributed by atoms with Crippen molar-refractivity contribution < 1.29 is 19.8 Å². The van der Waals surface area contributed by atoms with E-state index in [-0.39, 0.29) is 17.2 Å². The van der Waals surface area contributed by atoms with Crippen LogP contribution in [0, 0.1) is 11.3 Å². The van der Waals surface area contributed by atoms with E-state index in [1.54, 1.807) is 0 Å². The number of carbonyl (C=O) groups is 2. The summed E-state index contributed by atoms with van der Waals surface area (Å²) in [5, 5.41) is 21.5. The van der Waals surface area contributed by atoms with Crippen molar-refractivity contribution in [1.29, 1.82) is 0 Å². The van der Waals surface area contributed by atoms with E-state index in [4.69, 9.17) is 5.11 Å². The van der Waals surface area contributed by atoms with Crippen LogP contribution in [0.3, 0.4) is 0 Å². The van der Waals surface area contributed by atoms with Crippen LogP contribution in [-0.4, -0.2) is 34.2 Å². The second-order valence-electron chi connectivity index (χ2n) is 7.00. The molecule has 5 heteroatoms. The minimum Gasteiger partial charge on any atom is -0.479 e. The topological polar surface area (TPSA) is 86.6 Å². The van der Waals surface area contributed by atoms with E-state index in [0.717, 1.165) is 32.1 Å². The number of aliphatic carboxylic acids is 1. The van der Waals surface area contributed by atoms with E-state index >= 15 is 0 Å². The number of aliphatic hydroxyl groups excluding tert-OH is 1. The number of aliphatic hydroxyl groups is 1. The van der Waals surface area contributed by atoms with Gasteiger partial charge in [-0.05, 0) is 24.7 Å². The lowest BCUT2D eigenvalue weighted by molar-refractivity contribution is -0.149. The summed E-state index contributed by atoms with van der Waals surface area (Å²) in [7, 11) is 0. The van der Waals surface area contributed by atoms with E-state index in [1.807, 2.05) is 20.8 Å².